The van der Waals surface area contributed by atoms with Crippen LogP contribution in [0.25, 0.3) is 0 Å². The summed E-state index contributed by atoms with van der Waals surface area (Å²) in [5.74, 6) is 1.24. The van der Waals surface area contributed by atoms with Crippen LogP contribution < -0.4 is 16.4 Å². The quantitative estimate of drug-likeness (QED) is 0.607. The van der Waals surface area contributed by atoms with E-state index in [9.17, 15) is 0 Å². The van der Waals surface area contributed by atoms with Gasteiger partial charge in [-0.25, -0.2) is 15.0 Å². The second kappa shape index (κ2) is 7.97. The number of pyridine rings is 1. The van der Waals surface area contributed by atoms with E-state index in [2.05, 4.69) is 39.1 Å². The molecule has 0 bridgehead atoms. The third-order valence-corrected chi connectivity index (χ3v) is 8.32. The van der Waals surface area contributed by atoms with E-state index in [0.29, 0.717) is 10.8 Å². The van der Waals surface area contributed by atoms with E-state index >= 15 is 0 Å². The van der Waals surface area contributed by atoms with Crippen LogP contribution in [0.3, 0.4) is 0 Å². The molecule has 3 aromatic rings. The van der Waals surface area contributed by atoms with Gasteiger partial charge in [0.1, 0.15) is 16.7 Å². The Balaban J connectivity index is 1.29. The lowest BCUT2D eigenvalue weighted by atomic mass is 9.73. The highest BCUT2D eigenvalue weighted by atomic mass is 35.5. The van der Waals surface area contributed by atoms with Crippen LogP contribution in [0.1, 0.15) is 35.7 Å². The van der Waals surface area contributed by atoms with Gasteiger partial charge in [0.2, 0.25) is 0 Å². The average Bonchev–Trinajstić information content (AvgIpc) is 3.05. The lowest BCUT2D eigenvalue weighted by molar-refractivity contribution is 0.187. The molecule has 1 fully saturated rings. The molecule has 8 heteroatoms. The van der Waals surface area contributed by atoms with Gasteiger partial charge in [0.25, 0.3) is 0 Å². The number of hydrogen-bond donors (Lipinski definition) is 2. The third-order valence-electron chi connectivity index (χ3n) is 6.65. The first-order chi connectivity index (χ1) is 15.0. The van der Waals surface area contributed by atoms with Crippen molar-refractivity contribution in [2.24, 2.45) is 11.1 Å². The maximum atomic E-state index is 6.71. The number of anilines is 2. The Kier molecular flexibility index (Phi) is 5.28. The van der Waals surface area contributed by atoms with E-state index in [-0.39, 0.29) is 11.5 Å². The minimum atomic E-state index is 0.120. The summed E-state index contributed by atoms with van der Waals surface area (Å²) in [5.41, 5.74) is 16.3. The zero-order valence-corrected chi connectivity index (χ0v) is 19.0. The maximum Gasteiger partial charge on any atom is 0.147 e. The first-order valence-corrected chi connectivity index (χ1v) is 11.7. The Morgan fingerprint density at radius 3 is 2.68 bits per heavy atom. The van der Waals surface area contributed by atoms with Gasteiger partial charge in [-0.1, -0.05) is 47.6 Å². The summed E-state index contributed by atoms with van der Waals surface area (Å²) in [6.45, 7) is 3.86. The Morgan fingerprint density at radius 2 is 1.94 bits per heavy atom. The molecule has 4 N–H and O–H groups in total. The molecule has 1 saturated heterocycles. The molecule has 5 rings (SSSR count). The molecule has 1 atom stereocenters. The van der Waals surface area contributed by atoms with Gasteiger partial charge in [-0.15, -0.1) is 0 Å². The largest absolute Gasteiger partial charge is 0.382 e. The zero-order chi connectivity index (χ0) is 21.6. The minimum Gasteiger partial charge on any atom is -0.382 e. The molecule has 0 unspecified atom stereocenters. The van der Waals surface area contributed by atoms with Crippen LogP contribution in [-0.2, 0) is 6.42 Å². The van der Waals surface area contributed by atoms with Gasteiger partial charge in [-0.3, -0.25) is 0 Å². The van der Waals surface area contributed by atoms with Crippen LogP contribution in [0.5, 0.6) is 0 Å². The Hall–Kier alpha value is -2.35. The number of benzene rings is 1. The molecule has 3 heterocycles. The molecular formula is C23H25ClN6S. The Labute approximate surface area is 191 Å². The predicted octanol–water partition coefficient (Wildman–Crippen LogP) is 4.41. The zero-order valence-electron chi connectivity index (χ0n) is 17.4. The Morgan fingerprint density at radius 1 is 1.16 bits per heavy atom. The first kappa shape index (κ1) is 20.5. The summed E-state index contributed by atoms with van der Waals surface area (Å²) >= 11 is 7.74. The van der Waals surface area contributed by atoms with E-state index in [4.69, 9.17) is 28.1 Å². The van der Waals surface area contributed by atoms with Gasteiger partial charge < -0.3 is 16.4 Å². The number of nitrogens with zero attached hydrogens (tertiary/aromatic N) is 4. The molecule has 2 aromatic heterocycles. The molecule has 1 aliphatic carbocycles. The maximum absolute atomic E-state index is 6.71. The van der Waals surface area contributed by atoms with Crippen LogP contribution in [0.4, 0.5) is 11.6 Å². The van der Waals surface area contributed by atoms with E-state index in [0.717, 1.165) is 53.8 Å². The summed E-state index contributed by atoms with van der Waals surface area (Å²) in [7, 11) is 0. The number of aromatic nitrogens is 3. The topological polar surface area (TPSA) is 94.0 Å². The number of rotatable bonds is 3. The predicted molar refractivity (Wildman–Crippen MR) is 126 cm³/mol. The van der Waals surface area contributed by atoms with Crippen LogP contribution in [0.15, 0.2) is 52.6 Å². The van der Waals surface area contributed by atoms with E-state index in [1.165, 1.54) is 22.9 Å². The third kappa shape index (κ3) is 3.64. The molecule has 0 radical (unpaired) electrons. The SMILES string of the molecule is Cc1nc(N2CCC3(CC2)Cc2ccccc2[C@H]3N)cnc1Sc1ccnc(N)c1Cl. The molecule has 160 valence electrons. The van der Waals surface area contributed by atoms with E-state index < -0.39 is 0 Å². The second-order valence-corrected chi connectivity index (χ2v) is 9.84. The van der Waals surface area contributed by atoms with Crippen LogP contribution in [-0.4, -0.2) is 28.0 Å². The molecular weight excluding hydrogens is 428 g/mol. The lowest BCUT2D eigenvalue weighted by Gasteiger charge is -2.42. The average molecular weight is 453 g/mol. The molecule has 1 spiro atoms. The van der Waals surface area contributed by atoms with Crippen LogP contribution >= 0.6 is 23.4 Å². The Bertz CT molecular complexity index is 1130. The fourth-order valence-corrected chi connectivity index (χ4v) is 5.88. The molecule has 2 aliphatic rings. The molecule has 0 saturated carbocycles. The van der Waals surface area contributed by atoms with Crippen molar-refractivity contribution in [2.75, 3.05) is 23.7 Å². The lowest BCUT2D eigenvalue weighted by Crippen LogP contribution is -2.44. The summed E-state index contributed by atoms with van der Waals surface area (Å²) in [5, 5.41) is 1.27. The minimum absolute atomic E-state index is 0.120. The van der Waals surface area contributed by atoms with Gasteiger partial charge in [-0.2, -0.15) is 0 Å². The number of nitrogen functional groups attached to an aromatic ring is 1. The van der Waals surface area contributed by atoms with Crippen LogP contribution in [0, 0.1) is 12.3 Å². The number of fused-ring (bicyclic) bond motifs is 1. The standard InChI is InChI=1S/C23H25ClN6S/c1-14-22(31-17-6-9-27-21(26)19(17)24)28-13-18(29-14)30-10-7-23(8-11-30)12-15-4-2-3-5-16(15)20(23)25/h2-6,9,13,20H,7-8,10-12,25H2,1H3,(H2,26,27)/t20-/m1/s1. The van der Waals surface area contributed by atoms with E-state index in [1.807, 2.05) is 19.2 Å². The first-order valence-electron chi connectivity index (χ1n) is 10.5. The van der Waals surface area contributed by atoms with Crippen molar-refractivity contribution in [3.63, 3.8) is 0 Å². The highest BCUT2D eigenvalue weighted by Crippen LogP contribution is 2.51. The van der Waals surface area contributed by atoms with Crippen molar-refractivity contribution in [1.29, 1.82) is 0 Å². The smallest absolute Gasteiger partial charge is 0.147 e. The highest BCUT2D eigenvalue weighted by Gasteiger charge is 2.45. The van der Waals surface area contributed by atoms with Crippen molar-refractivity contribution in [2.45, 2.75) is 42.1 Å². The van der Waals surface area contributed by atoms with Gasteiger partial charge in [0, 0.05) is 30.2 Å². The van der Waals surface area contributed by atoms with Gasteiger partial charge in [0.05, 0.1) is 16.9 Å². The number of aryl methyl sites for hydroxylation is 1. The molecule has 1 aliphatic heterocycles. The fourth-order valence-electron chi connectivity index (χ4n) is 4.82. The summed E-state index contributed by atoms with van der Waals surface area (Å²) in [6.07, 6.45) is 6.71. The fraction of sp³-hybridized carbons (Fsp3) is 0.348. The van der Waals surface area contributed by atoms with Gasteiger partial charge in [0.15, 0.2) is 0 Å². The van der Waals surface area contributed by atoms with Crippen molar-refractivity contribution < 1.29 is 0 Å². The highest BCUT2D eigenvalue weighted by molar-refractivity contribution is 7.99. The van der Waals surface area contributed by atoms with Gasteiger partial charge in [-0.05, 0) is 48.8 Å². The van der Waals surface area contributed by atoms with Crippen molar-refractivity contribution in [3.05, 3.63) is 64.6 Å². The summed E-state index contributed by atoms with van der Waals surface area (Å²) < 4.78 is 0. The normalized spacial score (nSPS) is 19.6. The summed E-state index contributed by atoms with van der Waals surface area (Å²) in [6, 6.07) is 10.6. The van der Waals surface area contributed by atoms with Crippen molar-refractivity contribution in [3.8, 4) is 0 Å². The molecule has 0 amide bonds. The second-order valence-electron chi connectivity index (χ2n) is 8.43. The summed E-state index contributed by atoms with van der Waals surface area (Å²) in [4.78, 5) is 16.7. The number of halogens is 1. The monoisotopic (exact) mass is 452 g/mol. The van der Waals surface area contributed by atoms with Crippen molar-refractivity contribution >= 4 is 35.0 Å². The molecule has 31 heavy (non-hydrogen) atoms. The number of hydrogen-bond acceptors (Lipinski definition) is 7. The number of piperidine rings is 1. The molecule has 6 nitrogen and oxygen atoms in total. The van der Waals surface area contributed by atoms with E-state index in [1.54, 1.807) is 6.20 Å². The van der Waals surface area contributed by atoms with Gasteiger partial charge >= 0.3 is 0 Å². The number of nitrogens with two attached hydrogens (primary N) is 2. The van der Waals surface area contributed by atoms with Crippen LogP contribution in [0.2, 0.25) is 5.02 Å². The van der Waals surface area contributed by atoms with Crippen molar-refractivity contribution in [1.82, 2.24) is 15.0 Å². The molecule has 1 aromatic carbocycles.